The maximum absolute atomic E-state index is 5.91. The quantitative estimate of drug-likeness (QED) is 0.813. The number of nitrogens with two attached hydrogens (primary N) is 1. The van der Waals surface area contributed by atoms with E-state index >= 15 is 0 Å². The Morgan fingerprint density at radius 2 is 2.11 bits per heavy atom. The molecule has 1 aromatic heterocycles. The van der Waals surface area contributed by atoms with Crippen molar-refractivity contribution < 1.29 is 0 Å². The van der Waals surface area contributed by atoms with Gasteiger partial charge in [0.05, 0.1) is 24.5 Å². The molecule has 0 spiro atoms. The second-order valence-corrected chi connectivity index (χ2v) is 5.25. The van der Waals surface area contributed by atoms with Crippen LogP contribution in [0.3, 0.4) is 0 Å². The van der Waals surface area contributed by atoms with Crippen LogP contribution in [-0.4, -0.2) is 20.7 Å². The molecule has 0 fully saturated rings. The van der Waals surface area contributed by atoms with Crippen molar-refractivity contribution in [1.82, 2.24) is 15.0 Å². The molecule has 5 heteroatoms. The SMILES string of the molecule is CCC(N)c1cn(CCSc2ccccc2)nn1. The third-order valence-electron chi connectivity index (χ3n) is 2.71. The fourth-order valence-electron chi connectivity index (χ4n) is 1.58. The molecule has 2 aromatic rings. The molecular weight excluding hydrogens is 244 g/mol. The van der Waals surface area contributed by atoms with E-state index in [4.69, 9.17) is 5.73 Å². The molecule has 0 amide bonds. The predicted octanol–water partition coefficient (Wildman–Crippen LogP) is 2.48. The number of rotatable bonds is 6. The molecule has 1 unspecified atom stereocenters. The largest absolute Gasteiger partial charge is 0.323 e. The van der Waals surface area contributed by atoms with Gasteiger partial charge in [0.1, 0.15) is 0 Å². The van der Waals surface area contributed by atoms with Gasteiger partial charge in [0.15, 0.2) is 0 Å². The van der Waals surface area contributed by atoms with E-state index in [1.54, 1.807) is 0 Å². The van der Waals surface area contributed by atoms with Crippen LogP contribution >= 0.6 is 11.8 Å². The number of hydrogen-bond acceptors (Lipinski definition) is 4. The van der Waals surface area contributed by atoms with Gasteiger partial charge in [0.2, 0.25) is 0 Å². The summed E-state index contributed by atoms with van der Waals surface area (Å²) in [7, 11) is 0. The lowest BCUT2D eigenvalue weighted by atomic mass is 10.2. The van der Waals surface area contributed by atoms with Crippen molar-refractivity contribution in [1.29, 1.82) is 0 Å². The summed E-state index contributed by atoms with van der Waals surface area (Å²) in [5, 5.41) is 8.18. The molecule has 96 valence electrons. The maximum atomic E-state index is 5.91. The van der Waals surface area contributed by atoms with Crippen LogP contribution in [0.5, 0.6) is 0 Å². The van der Waals surface area contributed by atoms with Crippen LogP contribution in [0.4, 0.5) is 0 Å². The fourth-order valence-corrected chi connectivity index (χ4v) is 2.44. The number of thioether (sulfide) groups is 1. The van der Waals surface area contributed by atoms with Gasteiger partial charge < -0.3 is 5.73 Å². The molecule has 1 aromatic carbocycles. The van der Waals surface area contributed by atoms with Crippen molar-refractivity contribution in [2.75, 3.05) is 5.75 Å². The van der Waals surface area contributed by atoms with E-state index in [1.165, 1.54) is 4.90 Å². The summed E-state index contributed by atoms with van der Waals surface area (Å²) >= 11 is 1.82. The Bertz CT molecular complexity index is 469. The van der Waals surface area contributed by atoms with Gasteiger partial charge in [0, 0.05) is 10.6 Å². The van der Waals surface area contributed by atoms with Crippen molar-refractivity contribution >= 4 is 11.8 Å². The van der Waals surface area contributed by atoms with Crippen LogP contribution in [0.2, 0.25) is 0 Å². The first kappa shape index (κ1) is 13.1. The maximum Gasteiger partial charge on any atom is 0.0993 e. The van der Waals surface area contributed by atoms with Gasteiger partial charge in [-0.2, -0.15) is 0 Å². The molecule has 1 heterocycles. The van der Waals surface area contributed by atoms with E-state index in [0.29, 0.717) is 0 Å². The van der Waals surface area contributed by atoms with Gasteiger partial charge in [-0.15, -0.1) is 16.9 Å². The third kappa shape index (κ3) is 3.58. The van der Waals surface area contributed by atoms with Crippen molar-refractivity contribution in [3.63, 3.8) is 0 Å². The van der Waals surface area contributed by atoms with E-state index in [9.17, 15) is 0 Å². The van der Waals surface area contributed by atoms with Gasteiger partial charge in [-0.05, 0) is 18.6 Å². The molecule has 0 aliphatic rings. The number of aromatic nitrogens is 3. The smallest absolute Gasteiger partial charge is 0.0993 e. The van der Waals surface area contributed by atoms with Crippen LogP contribution in [0, 0.1) is 0 Å². The van der Waals surface area contributed by atoms with Crippen molar-refractivity contribution in [3.8, 4) is 0 Å². The molecule has 0 aliphatic carbocycles. The zero-order chi connectivity index (χ0) is 12.8. The molecule has 4 nitrogen and oxygen atoms in total. The van der Waals surface area contributed by atoms with E-state index < -0.39 is 0 Å². The van der Waals surface area contributed by atoms with Gasteiger partial charge in [0.25, 0.3) is 0 Å². The summed E-state index contributed by atoms with van der Waals surface area (Å²) in [5.41, 5.74) is 6.78. The normalized spacial score (nSPS) is 12.6. The highest BCUT2D eigenvalue weighted by atomic mass is 32.2. The molecule has 0 bridgehead atoms. The molecule has 0 saturated heterocycles. The minimum atomic E-state index is 0.000487. The first-order valence-electron chi connectivity index (χ1n) is 6.13. The fraction of sp³-hybridized carbons (Fsp3) is 0.385. The standard InChI is InChI=1S/C13H18N4S/c1-2-12(14)13-10-17(16-15-13)8-9-18-11-6-4-3-5-7-11/h3-7,10,12H,2,8-9,14H2,1H3. The molecule has 0 radical (unpaired) electrons. The lowest BCUT2D eigenvalue weighted by Crippen LogP contribution is -2.08. The Morgan fingerprint density at radius 1 is 1.33 bits per heavy atom. The Labute approximate surface area is 112 Å². The first-order chi connectivity index (χ1) is 8.79. The first-order valence-corrected chi connectivity index (χ1v) is 7.11. The predicted molar refractivity (Wildman–Crippen MR) is 74.4 cm³/mol. The van der Waals surface area contributed by atoms with Crippen molar-refractivity contribution in [3.05, 3.63) is 42.2 Å². The van der Waals surface area contributed by atoms with E-state index in [2.05, 4.69) is 41.5 Å². The van der Waals surface area contributed by atoms with Crippen LogP contribution in [-0.2, 0) is 6.54 Å². The van der Waals surface area contributed by atoms with Gasteiger partial charge in [-0.25, -0.2) is 0 Å². The molecule has 0 saturated carbocycles. The third-order valence-corrected chi connectivity index (χ3v) is 3.70. The minimum Gasteiger partial charge on any atom is -0.323 e. The monoisotopic (exact) mass is 262 g/mol. The van der Waals surface area contributed by atoms with Crippen LogP contribution in [0.25, 0.3) is 0 Å². The van der Waals surface area contributed by atoms with Crippen LogP contribution < -0.4 is 5.73 Å². The molecule has 2 N–H and O–H groups in total. The molecule has 0 aliphatic heterocycles. The highest BCUT2D eigenvalue weighted by molar-refractivity contribution is 7.99. The van der Waals surface area contributed by atoms with Crippen molar-refractivity contribution in [2.24, 2.45) is 5.73 Å². The average molecular weight is 262 g/mol. The molecule has 18 heavy (non-hydrogen) atoms. The highest BCUT2D eigenvalue weighted by Gasteiger charge is 2.07. The Hall–Kier alpha value is -1.33. The number of benzene rings is 1. The summed E-state index contributed by atoms with van der Waals surface area (Å²) in [5.74, 6) is 0.980. The lowest BCUT2D eigenvalue weighted by Gasteiger charge is -2.02. The van der Waals surface area contributed by atoms with E-state index in [-0.39, 0.29) is 6.04 Å². The second-order valence-electron chi connectivity index (χ2n) is 4.08. The Kier molecular flexibility index (Phi) is 4.78. The minimum absolute atomic E-state index is 0.000487. The van der Waals surface area contributed by atoms with E-state index in [0.717, 1.165) is 24.4 Å². The number of aryl methyl sites for hydroxylation is 1. The summed E-state index contributed by atoms with van der Waals surface area (Å²) in [6.07, 6.45) is 2.83. The van der Waals surface area contributed by atoms with Gasteiger partial charge in [-0.3, -0.25) is 4.68 Å². The topological polar surface area (TPSA) is 56.7 Å². The number of nitrogens with zero attached hydrogens (tertiary/aromatic N) is 3. The summed E-state index contributed by atoms with van der Waals surface area (Å²) in [6, 6.07) is 10.4. The summed E-state index contributed by atoms with van der Waals surface area (Å²) in [6.45, 7) is 2.90. The average Bonchev–Trinajstić information content (AvgIpc) is 2.88. The zero-order valence-electron chi connectivity index (χ0n) is 10.5. The lowest BCUT2D eigenvalue weighted by molar-refractivity contribution is 0.629. The molecule has 1 atom stereocenters. The van der Waals surface area contributed by atoms with Crippen LogP contribution in [0.1, 0.15) is 25.1 Å². The second kappa shape index (κ2) is 6.56. The van der Waals surface area contributed by atoms with Crippen LogP contribution in [0.15, 0.2) is 41.4 Å². The molecule has 2 rings (SSSR count). The Morgan fingerprint density at radius 3 is 2.83 bits per heavy atom. The highest BCUT2D eigenvalue weighted by Crippen LogP contribution is 2.17. The zero-order valence-corrected chi connectivity index (χ0v) is 11.3. The van der Waals surface area contributed by atoms with Gasteiger partial charge in [-0.1, -0.05) is 30.3 Å². The molecular formula is C13H18N4S. The van der Waals surface area contributed by atoms with Crippen molar-refractivity contribution in [2.45, 2.75) is 30.8 Å². The Balaban J connectivity index is 1.82. The van der Waals surface area contributed by atoms with E-state index in [1.807, 2.05) is 28.7 Å². The summed E-state index contributed by atoms with van der Waals surface area (Å²) < 4.78 is 1.86. The summed E-state index contributed by atoms with van der Waals surface area (Å²) in [4.78, 5) is 1.28. The number of hydrogen-bond donors (Lipinski definition) is 1. The van der Waals surface area contributed by atoms with Gasteiger partial charge >= 0.3 is 0 Å².